The Morgan fingerprint density at radius 3 is 2.46 bits per heavy atom. The molecule has 1 aromatic carbocycles. The molecule has 3 rings (SSSR count). The first-order valence-corrected chi connectivity index (χ1v) is 10.7. The Morgan fingerprint density at radius 2 is 1.79 bits per heavy atom. The zero-order chi connectivity index (χ0) is 20.1. The van der Waals surface area contributed by atoms with Gasteiger partial charge in [0.25, 0.3) is 5.56 Å². The number of hydrogen-bond acceptors (Lipinski definition) is 5. The number of fused-ring (bicyclic) bond motifs is 1. The van der Waals surface area contributed by atoms with E-state index >= 15 is 0 Å². The van der Waals surface area contributed by atoms with Gasteiger partial charge >= 0.3 is 0 Å². The van der Waals surface area contributed by atoms with Crippen molar-refractivity contribution in [1.82, 2.24) is 19.4 Å². The van der Waals surface area contributed by atoms with Gasteiger partial charge in [-0.15, -0.1) is 0 Å². The minimum Gasteiger partial charge on any atom is -0.339 e. The van der Waals surface area contributed by atoms with Crippen LogP contribution in [0, 0.1) is 0 Å². The number of benzene rings is 1. The van der Waals surface area contributed by atoms with Gasteiger partial charge in [-0.05, 0) is 18.6 Å². The molecule has 0 unspecified atom stereocenters. The zero-order valence-electron chi connectivity index (χ0n) is 16.4. The quantitative estimate of drug-likeness (QED) is 0.546. The predicted molar refractivity (Wildman–Crippen MR) is 110 cm³/mol. The van der Waals surface area contributed by atoms with Crippen molar-refractivity contribution in [3.8, 4) is 0 Å². The molecule has 1 aliphatic rings. The molecule has 150 valence electrons. The van der Waals surface area contributed by atoms with Crippen LogP contribution in [-0.2, 0) is 16.1 Å². The Bertz CT molecular complexity index is 919. The second-order valence-electron chi connectivity index (χ2n) is 6.90. The van der Waals surface area contributed by atoms with E-state index in [1.165, 1.54) is 11.8 Å². The molecule has 2 heterocycles. The lowest BCUT2D eigenvalue weighted by Crippen LogP contribution is -2.50. The number of carbonyl (C=O) groups is 2. The molecule has 1 saturated heterocycles. The first-order valence-electron chi connectivity index (χ1n) is 9.67. The van der Waals surface area contributed by atoms with E-state index < -0.39 is 0 Å². The van der Waals surface area contributed by atoms with Crippen LogP contribution in [0.2, 0.25) is 0 Å². The molecule has 1 aliphatic heterocycles. The Morgan fingerprint density at radius 1 is 1.11 bits per heavy atom. The normalized spacial score (nSPS) is 14.5. The fourth-order valence-corrected chi connectivity index (χ4v) is 4.19. The molecule has 0 atom stereocenters. The molecule has 1 aromatic heterocycles. The van der Waals surface area contributed by atoms with Crippen molar-refractivity contribution in [1.29, 1.82) is 0 Å². The number of amides is 2. The van der Waals surface area contributed by atoms with Crippen molar-refractivity contribution < 1.29 is 9.59 Å². The van der Waals surface area contributed by atoms with Crippen molar-refractivity contribution in [3.63, 3.8) is 0 Å². The second-order valence-corrected chi connectivity index (χ2v) is 7.84. The van der Waals surface area contributed by atoms with Crippen LogP contribution >= 0.6 is 11.8 Å². The van der Waals surface area contributed by atoms with Crippen LogP contribution in [0.4, 0.5) is 0 Å². The molecule has 0 saturated carbocycles. The van der Waals surface area contributed by atoms with Gasteiger partial charge in [-0.2, -0.15) is 0 Å². The summed E-state index contributed by atoms with van der Waals surface area (Å²) in [5, 5.41) is 1.20. The maximum Gasteiger partial charge on any atom is 0.262 e. The number of hydrogen-bond donors (Lipinski definition) is 0. The Balaban J connectivity index is 1.73. The topological polar surface area (TPSA) is 75.5 Å². The number of unbranched alkanes of at least 4 members (excludes halogenated alkanes) is 1. The largest absolute Gasteiger partial charge is 0.339 e. The number of nitrogens with zero attached hydrogens (tertiary/aromatic N) is 4. The highest BCUT2D eigenvalue weighted by Gasteiger charge is 2.23. The molecule has 0 bridgehead atoms. The summed E-state index contributed by atoms with van der Waals surface area (Å²) in [4.78, 5) is 45.1. The minimum atomic E-state index is -0.0518. The van der Waals surface area contributed by atoms with Crippen molar-refractivity contribution in [2.24, 2.45) is 0 Å². The highest BCUT2D eigenvalue weighted by molar-refractivity contribution is 7.99. The van der Waals surface area contributed by atoms with E-state index in [0.717, 1.165) is 12.8 Å². The van der Waals surface area contributed by atoms with E-state index in [-0.39, 0.29) is 23.1 Å². The van der Waals surface area contributed by atoms with Crippen LogP contribution in [0.25, 0.3) is 10.9 Å². The maximum atomic E-state index is 12.9. The second kappa shape index (κ2) is 9.23. The monoisotopic (exact) mass is 402 g/mol. The van der Waals surface area contributed by atoms with Crippen LogP contribution in [0.3, 0.4) is 0 Å². The lowest BCUT2D eigenvalue weighted by atomic mass is 10.2. The fraction of sp³-hybridized carbons (Fsp3) is 0.500. The van der Waals surface area contributed by atoms with Gasteiger partial charge in [-0.25, -0.2) is 4.98 Å². The van der Waals surface area contributed by atoms with Crippen LogP contribution in [-0.4, -0.2) is 63.1 Å². The Labute approximate surface area is 168 Å². The van der Waals surface area contributed by atoms with Crippen molar-refractivity contribution in [2.75, 3.05) is 31.9 Å². The van der Waals surface area contributed by atoms with Crippen LogP contribution in [0.15, 0.2) is 34.2 Å². The fourth-order valence-electron chi connectivity index (χ4n) is 3.26. The molecule has 0 aliphatic carbocycles. The molecule has 28 heavy (non-hydrogen) atoms. The van der Waals surface area contributed by atoms with Gasteiger partial charge in [0, 0.05) is 39.6 Å². The molecule has 7 nitrogen and oxygen atoms in total. The lowest BCUT2D eigenvalue weighted by molar-refractivity contribution is -0.136. The standard InChI is InChI=1S/C20H26N4O3S/c1-3-4-9-24-19(27)16-7-5-6-8-17(16)21-20(24)28-14-18(26)23-12-10-22(11-13-23)15(2)25/h5-8H,3-4,9-14H2,1-2H3. The molecule has 1 fully saturated rings. The third-order valence-corrected chi connectivity index (χ3v) is 5.93. The highest BCUT2D eigenvalue weighted by Crippen LogP contribution is 2.19. The number of para-hydroxylation sites is 1. The first kappa shape index (κ1) is 20.4. The van der Waals surface area contributed by atoms with Gasteiger partial charge in [0.2, 0.25) is 11.8 Å². The summed E-state index contributed by atoms with van der Waals surface area (Å²) in [7, 11) is 0. The summed E-state index contributed by atoms with van der Waals surface area (Å²) in [6, 6.07) is 7.32. The summed E-state index contributed by atoms with van der Waals surface area (Å²) in [6.45, 7) is 6.47. The zero-order valence-corrected chi connectivity index (χ0v) is 17.2. The summed E-state index contributed by atoms with van der Waals surface area (Å²) in [6.07, 6.45) is 1.86. The third-order valence-electron chi connectivity index (χ3n) is 4.96. The number of carbonyl (C=O) groups excluding carboxylic acids is 2. The Hall–Kier alpha value is -2.35. The van der Waals surface area contributed by atoms with E-state index in [4.69, 9.17) is 0 Å². The average Bonchev–Trinajstić information content (AvgIpc) is 2.71. The Kier molecular flexibility index (Phi) is 6.72. The summed E-state index contributed by atoms with van der Waals surface area (Å²) >= 11 is 1.32. The molecule has 8 heteroatoms. The van der Waals surface area contributed by atoms with Crippen molar-refractivity contribution in [3.05, 3.63) is 34.6 Å². The average molecular weight is 403 g/mol. The van der Waals surface area contributed by atoms with E-state index in [2.05, 4.69) is 11.9 Å². The highest BCUT2D eigenvalue weighted by atomic mass is 32.2. The van der Waals surface area contributed by atoms with Gasteiger partial charge in [0.15, 0.2) is 5.16 Å². The lowest BCUT2D eigenvalue weighted by Gasteiger charge is -2.34. The maximum absolute atomic E-state index is 12.9. The van der Waals surface area contributed by atoms with Gasteiger partial charge in [-0.3, -0.25) is 19.0 Å². The number of aromatic nitrogens is 2. The van der Waals surface area contributed by atoms with Crippen LogP contribution in [0.5, 0.6) is 0 Å². The molecular formula is C20H26N4O3S. The number of thioether (sulfide) groups is 1. The third kappa shape index (κ3) is 4.55. The molecule has 0 radical (unpaired) electrons. The van der Waals surface area contributed by atoms with Gasteiger partial charge in [0.1, 0.15) is 0 Å². The molecule has 0 N–H and O–H groups in total. The summed E-state index contributed by atoms with van der Waals surface area (Å²) in [5.74, 6) is 0.288. The van der Waals surface area contributed by atoms with Gasteiger partial charge in [-0.1, -0.05) is 37.2 Å². The van der Waals surface area contributed by atoms with E-state index in [0.29, 0.717) is 48.8 Å². The van der Waals surface area contributed by atoms with E-state index in [9.17, 15) is 14.4 Å². The van der Waals surface area contributed by atoms with Crippen LogP contribution in [0.1, 0.15) is 26.7 Å². The van der Waals surface area contributed by atoms with Crippen molar-refractivity contribution in [2.45, 2.75) is 38.4 Å². The summed E-state index contributed by atoms with van der Waals surface area (Å²) in [5.41, 5.74) is 0.606. The molecular weight excluding hydrogens is 376 g/mol. The van der Waals surface area contributed by atoms with E-state index in [1.54, 1.807) is 27.4 Å². The predicted octanol–water partition coefficient (Wildman–Crippen LogP) is 1.98. The minimum absolute atomic E-state index is 0.0117. The van der Waals surface area contributed by atoms with Crippen LogP contribution < -0.4 is 5.56 Å². The van der Waals surface area contributed by atoms with E-state index in [1.807, 2.05) is 18.2 Å². The molecule has 0 spiro atoms. The van der Waals surface area contributed by atoms with Crippen molar-refractivity contribution >= 4 is 34.5 Å². The molecule has 2 aromatic rings. The molecule has 2 amide bonds. The summed E-state index contributed by atoms with van der Waals surface area (Å²) < 4.78 is 1.69. The van der Waals surface area contributed by atoms with Gasteiger partial charge < -0.3 is 9.80 Å². The number of rotatable bonds is 6. The van der Waals surface area contributed by atoms with Gasteiger partial charge in [0.05, 0.1) is 16.7 Å². The first-order chi connectivity index (χ1) is 13.5. The number of piperazine rings is 1. The smallest absolute Gasteiger partial charge is 0.262 e. The SMILES string of the molecule is CCCCn1c(SCC(=O)N2CCN(C(C)=O)CC2)nc2ccccc2c1=O.